The van der Waals surface area contributed by atoms with E-state index in [1.165, 1.54) is 11.3 Å². The molecule has 19 heavy (non-hydrogen) atoms. The molecule has 3 N–H and O–H groups in total. The molecule has 0 spiro atoms. The van der Waals surface area contributed by atoms with Crippen LogP contribution in [0.5, 0.6) is 0 Å². The van der Waals surface area contributed by atoms with Crippen LogP contribution in [-0.2, 0) is 13.0 Å². The minimum Gasteiger partial charge on any atom is -0.478 e. The van der Waals surface area contributed by atoms with Crippen LogP contribution in [0, 0.1) is 13.8 Å². The molecule has 0 saturated carbocycles. The van der Waals surface area contributed by atoms with Crippen molar-refractivity contribution in [2.24, 2.45) is 5.73 Å². The first kappa shape index (κ1) is 13.6. The van der Waals surface area contributed by atoms with Gasteiger partial charge in [-0.15, -0.1) is 0 Å². The second kappa shape index (κ2) is 5.05. The van der Waals surface area contributed by atoms with Gasteiger partial charge in [-0.2, -0.15) is 0 Å². The first-order valence-electron chi connectivity index (χ1n) is 6.56. The second-order valence-electron chi connectivity index (χ2n) is 4.84. The summed E-state index contributed by atoms with van der Waals surface area (Å²) >= 11 is 0. The van der Waals surface area contributed by atoms with Gasteiger partial charge in [0.15, 0.2) is 0 Å². The first-order valence-corrected chi connectivity index (χ1v) is 6.56. The Hall–Kier alpha value is -1.81. The lowest BCUT2D eigenvalue weighted by Crippen LogP contribution is -2.04. The monoisotopic (exact) mass is 260 g/mol. The summed E-state index contributed by atoms with van der Waals surface area (Å²) in [4.78, 5) is 11.3. The van der Waals surface area contributed by atoms with Gasteiger partial charge in [-0.05, 0) is 57.0 Å². The summed E-state index contributed by atoms with van der Waals surface area (Å²) in [5.41, 5.74) is 10.3. The summed E-state index contributed by atoms with van der Waals surface area (Å²) in [5.74, 6) is -0.874. The molecule has 1 aromatic carbocycles. The molecule has 0 amide bonds. The van der Waals surface area contributed by atoms with Crippen molar-refractivity contribution in [2.45, 2.75) is 33.7 Å². The quantitative estimate of drug-likeness (QED) is 0.887. The number of rotatable bonds is 4. The van der Waals surface area contributed by atoms with E-state index < -0.39 is 5.97 Å². The van der Waals surface area contributed by atoms with Gasteiger partial charge >= 0.3 is 5.97 Å². The number of fused-ring (bicyclic) bond motifs is 1. The lowest BCUT2D eigenvalue weighted by atomic mass is 10.0. The number of aromatic carboxylic acids is 1. The van der Waals surface area contributed by atoms with Gasteiger partial charge in [0.25, 0.3) is 0 Å². The molecule has 0 bridgehead atoms. The SMILES string of the molecule is CCn1c(C)c(CCN)c2cc(C)c(C(=O)O)cc21. The normalized spacial score (nSPS) is 11.2. The van der Waals surface area contributed by atoms with E-state index in [0.717, 1.165) is 29.4 Å². The molecule has 0 saturated heterocycles. The third kappa shape index (κ3) is 2.12. The average molecular weight is 260 g/mol. The molecule has 1 heterocycles. The maximum Gasteiger partial charge on any atom is 0.336 e. The van der Waals surface area contributed by atoms with Gasteiger partial charge < -0.3 is 15.4 Å². The Labute approximate surface area is 112 Å². The van der Waals surface area contributed by atoms with E-state index in [2.05, 4.69) is 18.4 Å². The molecule has 4 heteroatoms. The van der Waals surface area contributed by atoms with Crippen molar-refractivity contribution in [1.29, 1.82) is 0 Å². The van der Waals surface area contributed by atoms with Crippen LogP contribution >= 0.6 is 0 Å². The Morgan fingerprint density at radius 2 is 2.05 bits per heavy atom. The standard InChI is InChI=1S/C15H20N2O2/c1-4-17-10(3)11(5-6-16)13-7-9(2)12(15(18)19)8-14(13)17/h7-8H,4-6,16H2,1-3H3,(H,18,19). The van der Waals surface area contributed by atoms with Crippen LogP contribution in [0.4, 0.5) is 0 Å². The zero-order valence-electron chi connectivity index (χ0n) is 11.7. The summed E-state index contributed by atoms with van der Waals surface area (Å²) in [6.45, 7) is 7.41. The lowest BCUT2D eigenvalue weighted by molar-refractivity contribution is 0.0696. The molecular formula is C15H20N2O2. The number of carboxylic acid groups (broad SMARTS) is 1. The van der Waals surface area contributed by atoms with Crippen molar-refractivity contribution >= 4 is 16.9 Å². The third-order valence-corrected chi connectivity index (χ3v) is 3.74. The van der Waals surface area contributed by atoms with Crippen molar-refractivity contribution in [3.63, 3.8) is 0 Å². The van der Waals surface area contributed by atoms with Crippen molar-refractivity contribution in [1.82, 2.24) is 4.57 Å². The predicted molar refractivity (Wildman–Crippen MR) is 76.8 cm³/mol. The molecule has 102 valence electrons. The molecule has 4 nitrogen and oxygen atoms in total. The van der Waals surface area contributed by atoms with Crippen LogP contribution in [-0.4, -0.2) is 22.2 Å². The number of carboxylic acids is 1. The van der Waals surface area contributed by atoms with Crippen molar-refractivity contribution < 1.29 is 9.90 Å². The maximum atomic E-state index is 11.3. The molecular weight excluding hydrogens is 240 g/mol. The Morgan fingerprint density at radius 1 is 1.37 bits per heavy atom. The summed E-state index contributed by atoms with van der Waals surface area (Å²) in [6.07, 6.45) is 0.821. The molecule has 0 radical (unpaired) electrons. The number of hydrogen-bond acceptors (Lipinski definition) is 2. The van der Waals surface area contributed by atoms with Crippen molar-refractivity contribution in [3.8, 4) is 0 Å². The maximum absolute atomic E-state index is 11.3. The molecule has 0 atom stereocenters. The highest BCUT2D eigenvalue weighted by atomic mass is 16.4. The first-order chi connectivity index (χ1) is 9.01. The Bertz CT molecular complexity index is 641. The number of aromatic nitrogens is 1. The number of carbonyl (C=O) groups is 1. The van der Waals surface area contributed by atoms with Crippen LogP contribution in [0.25, 0.3) is 10.9 Å². The molecule has 1 aromatic heterocycles. The van der Waals surface area contributed by atoms with Gasteiger partial charge in [-0.3, -0.25) is 0 Å². The molecule has 0 unspecified atom stereocenters. The Balaban J connectivity index is 2.82. The molecule has 0 aliphatic carbocycles. The highest BCUT2D eigenvalue weighted by Gasteiger charge is 2.16. The van der Waals surface area contributed by atoms with Crippen LogP contribution in [0.15, 0.2) is 12.1 Å². The van der Waals surface area contributed by atoms with Gasteiger partial charge in [0, 0.05) is 23.1 Å². The molecule has 0 aliphatic heterocycles. The summed E-state index contributed by atoms with van der Waals surface area (Å²) in [6, 6.07) is 3.76. The Morgan fingerprint density at radius 3 is 2.58 bits per heavy atom. The van der Waals surface area contributed by atoms with Gasteiger partial charge in [-0.25, -0.2) is 4.79 Å². The van der Waals surface area contributed by atoms with Gasteiger partial charge in [0.05, 0.1) is 5.56 Å². The fourth-order valence-electron chi connectivity index (χ4n) is 2.80. The van der Waals surface area contributed by atoms with E-state index in [1.54, 1.807) is 6.07 Å². The van der Waals surface area contributed by atoms with E-state index >= 15 is 0 Å². The van der Waals surface area contributed by atoms with E-state index in [4.69, 9.17) is 5.73 Å². The van der Waals surface area contributed by atoms with Crippen LogP contribution in [0.1, 0.15) is 34.1 Å². The highest BCUT2D eigenvalue weighted by molar-refractivity contribution is 5.96. The minimum atomic E-state index is -0.874. The average Bonchev–Trinajstić information content (AvgIpc) is 2.61. The molecule has 0 aliphatic rings. The van der Waals surface area contributed by atoms with E-state index in [-0.39, 0.29) is 0 Å². The summed E-state index contributed by atoms with van der Waals surface area (Å²) in [7, 11) is 0. The summed E-state index contributed by atoms with van der Waals surface area (Å²) < 4.78 is 2.16. The van der Waals surface area contributed by atoms with E-state index in [1.807, 2.05) is 13.0 Å². The topological polar surface area (TPSA) is 68.2 Å². The van der Waals surface area contributed by atoms with Crippen LogP contribution in [0.3, 0.4) is 0 Å². The van der Waals surface area contributed by atoms with Crippen LogP contribution in [0.2, 0.25) is 0 Å². The zero-order chi connectivity index (χ0) is 14.2. The fourth-order valence-corrected chi connectivity index (χ4v) is 2.80. The lowest BCUT2D eigenvalue weighted by Gasteiger charge is -2.06. The molecule has 0 fully saturated rings. The summed E-state index contributed by atoms with van der Waals surface area (Å²) in [5, 5.41) is 10.4. The fraction of sp³-hybridized carbons (Fsp3) is 0.400. The zero-order valence-corrected chi connectivity index (χ0v) is 11.7. The van der Waals surface area contributed by atoms with Crippen LogP contribution < -0.4 is 5.73 Å². The smallest absolute Gasteiger partial charge is 0.336 e. The van der Waals surface area contributed by atoms with E-state index in [0.29, 0.717) is 12.1 Å². The number of aryl methyl sites for hydroxylation is 2. The predicted octanol–water partition coefficient (Wildman–Crippen LogP) is 2.48. The van der Waals surface area contributed by atoms with E-state index in [9.17, 15) is 9.90 Å². The third-order valence-electron chi connectivity index (χ3n) is 3.74. The largest absolute Gasteiger partial charge is 0.478 e. The van der Waals surface area contributed by atoms with Crippen molar-refractivity contribution in [3.05, 3.63) is 34.5 Å². The Kier molecular flexibility index (Phi) is 3.62. The van der Waals surface area contributed by atoms with Crippen molar-refractivity contribution in [2.75, 3.05) is 6.54 Å². The number of hydrogen-bond donors (Lipinski definition) is 2. The number of nitrogens with zero attached hydrogens (tertiary/aromatic N) is 1. The number of nitrogens with two attached hydrogens (primary N) is 1. The van der Waals surface area contributed by atoms with Gasteiger partial charge in [-0.1, -0.05) is 0 Å². The molecule has 2 rings (SSSR count). The highest BCUT2D eigenvalue weighted by Crippen LogP contribution is 2.29. The van der Waals surface area contributed by atoms with Gasteiger partial charge in [0.1, 0.15) is 0 Å². The molecule has 2 aromatic rings. The minimum absolute atomic E-state index is 0.374. The van der Waals surface area contributed by atoms with Gasteiger partial charge in [0.2, 0.25) is 0 Å². The number of benzene rings is 1. The second-order valence-corrected chi connectivity index (χ2v) is 4.84.